The van der Waals surface area contributed by atoms with Gasteiger partial charge in [-0.25, -0.2) is 0 Å². The van der Waals surface area contributed by atoms with Crippen LogP contribution in [-0.4, -0.2) is 25.9 Å². The van der Waals surface area contributed by atoms with Crippen molar-refractivity contribution in [1.29, 1.82) is 0 Å². The molecule has 0 spiro atoms. The molecule has 0 amide bonds. The zero-order valence-electron chi connectivity index (χ0n) is 14.7. The van der Waals surface area contributed by atoms with E-state index in [1.54, 1.807) is 7.11 Å². The molecule has 0 aromatic heterocycles. The highest BCUT2D eigenvalue weighted by Crippen LogP contribution is 2.65. The molecule has 5 rings (SSSR count). The number of methoxy groups -OCH3 is 1. The molecule has 1 saturated heterocycles. The van der Waals surface area contributed by atoms with Crippen LogP contribution in [0.5, 0.6) is 5.75 Å². The Balaban J connectivity index is 1.41. The fraction of sp³-hybridized carbons (Fsp3) is 0.684. The molecule has 3 aliphatic carbocycles. The Morgan fingerprint density at radius 1 is 1.26 bits per heavy atom. The minimum atomic E-state index is -0.0860. The van der Waals surface area contributed by atoms with Crippen LogP contribution in [0.25, 0.3) is 0 Å². The molecular weight excluding hydrogens is 287 g/mol. The van der Waals surface area contributed by atoms with E-state index in [0.29, 0.717) is 11.3 Å². The largest absolute Gasteiger partial charge is 0.497 e. The minimum Gasteiger partial charge on any atom is -0.497 e. The van der Waals surface area contributed by atoms with Crippen molar-refractivity contribution in [3.63, 3.8) is 0 Å². The number of hydrogen-bond donors (Lipinski definition) is 0. The summed E-state index contributed by atoms with van der Waals surface area (Å²) >= 11 is 0. The topological polar surface area (TPSA) is 27.7 Å². The monoisotopic (exact) mass is 314 g/mol. The van der Waals surface area contributed by atoms with Gasteiger partial charge in [-0.3, -0.25) is 0 Å². The minimum absolute atomic E-state index is 0.0636. The fourth-order valence-corrected chi connectivity index (χ4v) is 5.19. The highest BCUT2D eigenvalue weighted by molar-refractivity contribution is 6.45. The zero-order valence-corrected chi connectivity index (χ0v) is 14.7. The third-order valence-corrected chi connectivity index (χ3v) is 6.80. The molecule has 4 atom stereocenters. The predicted octanol–water partition coefficient (Wildman–Crippen LogP) is 3.97. The van der Waals surface area contributed by atoms with Crippen LogP contribution in [0, 0.1) is 17.3 Å². The maximum Gasteiger partial charge on any atom is 0.457 e. The van der Waals surface area contributed by atoms with Gasteiger partial charge < -0.3 is 14.0 Å². The number of rotatable bonds is 4. The van der Waals surface area contributed by atoms with Crippen LogP contribution in [0.15, 0.2) is 24.3 Å². The third kappa shape index (κ3) is 2.33. The summed E-state index contributed by atoms with van der Waals surface area (Å²) < 4.78 is 18.1. The van der Waals surface area contributed by atoms with Gasteiger partial charge in [0, 0.05) is 0 Å². The predicted molar refractivity (Wildman–Crippen MR) is 91.6 cm³/mol. The summed E-state index contributed by atoms with van der Waals surface area (Å²) in [7, 11) is 1.65. The van der Waals surface area contributed by atoms with Crippen LogP contribution < -0.4 is 4.74 Å². The molecule has 1 aromatic rings. The molecule has 0 N–H and O–H groups in total. The van der Waals surface area contributed by atoms with E-state index in [1.807, 2.05) is 12.1 Å². The molecule has 0 unspecified atom stereocenters. The van der Waals surface area contributed by atoms with Crippen molar-refractivity contribution < 1.29 is 14.0 Å². The van der Waals surface area contributed by atoms with E-state index in [4.69, 9.17) is 14.0 Å². The maximum atomic E-state index is 6.46. The molecular formula is C19H27BO3. The van der Waals surface area contributed by atoms with E-state index in [0.717, 1.165) is 30.8 Å². The van der Waals surface area contributed by atoms with E-state index in [9.17, 15) is 0 Å². The molecule has 3 saturated carbocycles. The van der Waals surface area contributed by atoms with Gasteiger partial charge in [0.05, 0.1) is 18.8 Å². The molecule has 4 heteroatoms. The Kier molecular flexibility index (Phi) is 3.55. The standard InChI is InChI=1S/C19H27BO3/c1-18(2)14-11-16(18)19(3)17(12-14)22-20(23-19)9-8-13-6-5-7-15(10-13)21-4/h5-7,10,14,16-17H,8-9,11-12H2,1-4H3/t14-,16-,17+,19-/m0/s1. The molecule has 1 aromatic carbocycles. The van der Waals surface area contributed by atoms with Crippen molar-refractivity contribution in [3.8, 4) is 5.75 Å². The van der Waals surface area contributed by atoms with Gasteiger partial charge in [0.1, 0.15) is 5.75 Å². The van der Waals surface area contributed by atoms with Gasteiger partial charge in [0.2, 0.25) is 0 Å². The van der Waals surface area contributed by atoms with Crippen molar-refractivity contribution in [2.24, 2.45) is 17.3 Å². The first-order chi connectivity index (χ1) is 10.9. The lowest BCUT2D eigenvalue weighted by Gasteiger charge is -2.64. The molecule has 2 bridgehead atoms. The third-order valence-electron chi connectivity index (χ3n) is 6.80. The average Bonchev–Trinajstić information content (AvgIpc) is 2.88. The molecule has 23 heavy (non-hydrogen) atoms. The Hall–Kier alpha value is -0.995. The molecule has 4 aliphatic rings. The number of aryl methyl sites for hydroxylation is 1. The van der Waals surface area contributed by atoms with E-state index < -0.39 is 0 Å². The second kappa shape index (κ2) is 5.25. The van der Waals surface area contributed by atoms with Crippen molar-refractivity contribution in [2.45, 2.75) is 58.1 Å². The van der Waals surface area contributed by atoms with Crippen LogP contribution >= 0.6 is 0 Å². The molecule has 1 heterocycles. The normalized spacial score (nSPS) is 37.2. The molecule has 3 nitrogen and oxygen atoms in total. The first kappa shape index (κ1) is 15.5. The van der Waals surface area contributed by atoms with Gasteiger partial charge in [0.25, 0.3) is 0 Å². The van der Waals surface area contributed by atoms with Gasteiger partial charge in [-0.1, -0.05) is 26.0 Å². The van der Waals surface area contributed by atoms with Gasteiger partial charge in [-0.15, -0.1) is 0 Å². The molecule has 1 aliphatic heterocycles. The van der Waals surface area contributed by atoms with Crippen LogP contribution in [0.4, 0.5) is 0 Å². The first-order valence-corrected chi connectivity index (χ1v) is 8.89. The second-order valence-corrected chi connectivity index (χ2v) is 8.29. The maximum absolute atomic E-state index is 6.46. The van der Waals surface area contributed by atoms with E-state index in [2.05, 4.69) is 32.9 Å². The molecule has 0 radical (unpaired) electrons. The Morgan fingerprint density at radius 3 is 2.83 bits per heavy atom. The highest BCUT2D eigenvalue weighted by Gasteiger charge is 2.67. The quantitative estimate of drug-likeness (QED) is 0.787. The summed E-state index contributed by atoms with van der Waals surface area (Å²) in [6.07, 6.45) is 4.63. The number of hydrogen-bond acceptors (Lipinski definition) is 3. The Morgan fingerprint density at radius 2 is 2.09 bits per heavy atom. The number of benzene rings is 1. The molecule has 4 fully saturated rings. The van der Waals surface area contributed by atoms with Crippen LogP contribution in [0.2, 0.25) is 6.32 Å². The van der Waals surface area contributed by atoms with E-state index >= 15 is 0 Å². The molecule has 124 valence electrons. The first-order valence-electron chi connectivity index (χ1n) is 8.89. The smallest absolute Gasteiger partial charge is 0.457 e. The summed E-state index contributed by atoms with van der Waals surface area (Å²) in [4.78, 5) is 0. The van der Waals surface area contributed by atoms with Crippen LogP contribution in [-0.2, 0) is 15.7 Å². The highest BCUT2D eigenvalue weighted by atomic mass is 16.7. The van der Waals surface area contributed by atoms with Crippen LogP contribution in [0.1, 0.15) is 39.2 Å². The van der Waals surface area contributed by atoms with Gasteiger partial charge in [-0.2, -0.15) is 0 Å². The summed E-state index contributed by atoms with van der Waals surface area (Å²) in [6, 6.07) is 8.27. The van der Waals surface area contributed by atoms with Crippen molar-refractivity contribution in [1.82, 2.24) is 0 Å². The summed E-state index contributed by atoms with van der Waals surface area (Å²) in [5.74, 6) is 2.37. The lowest BCUT2D eigenvalue weighted by atomic mass is 9.43. The SMILES string of the molecule is COc1cccc(CCB2O[C@@H]3C[C@@H]4C[C@@H](C4(C)C)[C@]3(C)O2)c1. The van der Waals surface area contributed by atoms with Crippen molar-refractivity contribution in [3.05, 3.63) is 29.8 Å². The zero-order chi connectivity index (χ0) is 16.2. The fourth-order valence-electron chi connectivity index (χ4n) is 5.19. The number of ether oxygens (including phenoxy) is 1. The van der Waals surface area contributed by atoms with Gasteiger partial charge in [0.15, 0.2) is 0 Å². The summed E-state index contributed by atoms with van der Waals surface area (Å²) in [5.41, 5.74) is 1.61. The van der Waals surface area contributed by atoms with Crippen LogP contribution in [0.3, 0.4) is 0 Å². The van der Waals surface area contributed by atoms with E-state index in [-0.39, 0.29) is 18.8 Å². The summed E-state index contributed by atoms with van der Waals surface area (Å²) in [5, 5.41) is 0. The van der Waals surface area contributed by atoms with Gasteiger partial charge >= 0.3 is 7.12 Å². The Labute approximate surface area is 139 Å². The van der Waals surface area contributed by atoms with Crippen molar-refractivity contribution >= 4 is 7.12 Å². The lowest BCUT2D eigenvalue weighted by Crippen LogP contribution is -2.65. The average molecular weight is 314 g/mol. The van der Waals surface area contributed by atoms with E-state index in [1.165, 1.54) is 12.0 Å². The van der Waals surface area contributed by atoms with Crippen molar-refractivity contribution in [2.75, 3.05) is 7.11 Å². The summed E-state index contributed by atoms with van der Waals surface area (Å²) in [6.45, 7) is 7.09. The Bertz CT molecular complexity index is 602. The lowest BCUT2D eigenvalue weighted by molar-refractivity contribution is -0.199. The van der Waals surface area contributed by atoms with Gasteiger partial charge in [-0.05, 0) is 67.5 Å². The second-order valence-electron chi connectivity index (χ2n) is 8.29.